The number of rotatable bonds is 7. The van der Waals surface area contributed by atoms with E-state index in [4.69, 9.17) is 4.74 Å². The number of likely N-dealkylation sites (tertiary alicyclic amines) is 2. The number of benzene rings is 1. The van der Waals surface area contributed by atoms with Crippen LogP contribution in [0.4, 0.5) is 4.39 Å². The number of aryl methyl sites for hydroxylation is 1. The van der Waals surface area contributed by atoms with Gasteiger partial charge in [0.25, 0.3) is 5.91 Å². The highest BCUT2D eigenvalue weighted by Gasteiger charge is 2.32. The molecule has 0 N–H and O–H groups in total. The van der Waals surface area contributed by atoms with E-state index >= 15 is 0 Å². The molecule has 8 heteroatoms. The van der Waals surface area contributed by atoms with Crippen molar-refractivity contribution >= 4 is 11.8 Å². The molecule has 2 aromatic rings. The van der Waals surface area contributed by atoms with Gasteiger partial charge >= 0.3 is 0 Å². The van der Waals surface area contributed by atoms with Crippen LogP contribution in [-0.2, 0) is 4.79 Å². The van der Waals surface area contributed by atoms with Crippen LogP contribution in [-0.4, -0.2) is 57.8 Å². The molecule has 2 aliphatic heterocycles. The number of hydrogen-bond acceptors (Lipinski definition) is 5. The summed E-state index contributed by atoms with van der Waals surface area (Å²) in [5, 5.41) is 0. The summed E-state index contributed by atoms with van der Waals surface area (Å²) in [5.74, 6) is 0.742. The highest BCUT2D eigenvalue weighted by atomic mass is 19.1. The van der Waals surface area contributed by atoms with Gasteiger partial charge in [-0.3, -0.25) is 9.59 Å². The molecule has 1 atom stereocenters. The minimum Gasteiger partial charge on any atom is -0.493 e. The lowest BCUT2D eigenvalue weighted by molar-refractivity contribution is -0.132. The summed E-state index contributed by atoms with van der Waals surface area (Å²) in [7, 11) is 0. The van der Waals surface area contributed by atoms with Crippen molar-refractivity contribution in [3.63, 3.8) is 0 Å². The van der Waals surface area contributed by atoms with Crippen LogP contribution in [0.25, 0.3) is 0 Å². The summed E-state index contributed by atoms with van der Waals surface area (Å²) >= 11 is 0. The Labute approximate surface area is 187 Å². The zero-order valence-electron chi connectivity index (χ0n) is 18.4. The predicted octanol–water partition coefficient (Wildman–Crippen LogP) is 3.68. The Bertz CT molecular complexity index is 977. The quantitative estimate of drug-likeness (QED) is 0.614. The molecule has 32 heavy (non-hydrogen) atoms. The highest BCUT2D eigenvalue weighted by Crippen LogP contribution is 2.31. The first-order valence-electron chi connectivity index (χ1n) is 11.3. The topological polar surface area (TPSA) is 75.6 Å². The summed E-state index contributed by atoms with van der Waals surface area (Å²) in [5.41, 5.74) is 1.20. The summed E-state index contributed by atoms with van der Waals surface area (Å²) in [6, 6.07) is 5.82. The van der Waals surface area contributed by atoms with Crippen molar-refractivity contribution in [2.75, 3.05) is 26.2 Å². The maximum absolute atomic E-state index is 13.2. The Kier molecular flexibility index (Phi) is 6.97. The number of nitrogens with zero attached hydrogens (tertiary/aromatic N) is 4. The molecule has 0 radical (unpaired) electrons. The lowest BCUT2D eigenvalue weighted by atomic mass is 10.1. The third-order valence-electron chi connectivity index (χ3n) is 6.09. The second kappa shape index (κ2) is 10.1. The largest absolute Gasteiger partial charge is 0.493 e. The van der Waals surface area contributed by atoms with Crippen LogP contribution in [0.5, 0.6) is 5.75 Å². The van der Waals surface area contributed by atoms with E-state index in [1.165, 1.54) is 12.1 Å². The van der Waals surface area contributed by atoms with Crippen molar-refractivity contribution < 1.29 is 18.7 Å². The average Bonchev–Trinajstić information content (AvgIpc) is 3.48. The van der Waals surface area contributed by atoms with Gasteiger partial charge in [-0.1, -0.05) is 6.07 Å². The molecule has 0 aliphatic carbocycles. The molecule has 2 fully saturated rings. The molecular weight excluding hydrogens is 411 g/mol. The van der Waals surface area contributed by atoms with Gasteiger partial charge in [-0.2, -0.15) is 0 Å². The van der Waals surface area contributed by atoms with Crippen LogP contribution in [0.1, 0.15) is 66.4 Å². The highest BCUT2D eigenvalue weighted by molar-refractivity contribution is 5.95. The van der Waals surface area contributed by atoms with Gasteiger partial charge in [0.15, 0.2) is 5.82 Å². The average molecular weight is 441 g/mol. The molecule has 2 saturated heterocycles. The first-order valence-corrected chi connectivity index (χ1v) is 11.3. The van der Waals surface area contributed by atoms with Crippen LogP contribution in [0.3, 0.4) is 0 Å². The second-order valence-corrected chi connectivity index (χ2v) is 8.38. The van der Waals surface area contributed by atoms with Gasteiger partial charge in [-0.05, 0) is 51.2 Å². The lowest BCUT2D eigenvalue weighted by Gasteiger charge is -2.24. The minimum absolute atomic E-state index is 0.01000. The number of hydrogen-bond donors (Lipinski definition) is 0. The smallest absolute Gasteiger partial charge is 0.257 e. The fourth-order valence-corrected chi connectivity index (χ4v) is 4.39. The van der Waals surface area contributed by atoms with Crippen molar-refractivity contribution in [3.05, 3.63) is 53.4 Å². The number of carbonyl (C=O) groups excluding carboxylic acids is 2. The Morgan fingerprint density at radius 1 is 1.19 bits per heavy atom. The standard InChI is InChI=1S/C24H29FN4O3/c1-17-20(24(31)28-11-2-3-12-28)16-26-23(27-17)21-9-5-13-29(21)22(30)10-6-14-32-19-8-4-7-18(25)15-19/h4,7-8,15-16,21H,2-3,5-6,9-14H2,1H3/t21-/m0/s1. The molecule has 1 aromatic heterocycles. The van der Waals surface area contributed by atoms with Gasteiger partial charge in [0.2, 0.25) is 5.91 Å². The summed E-state index contributed by atoms with van der Waals surface area (Å²) in [6.07, 6.45) is 6.29. The van der Waals surface area contributed by atoms with E-state index in [1.807, 2.05) is 16.7 Å². The van der Waals surface area contributed by atoms with Crippen molar-refractivity contribution in [2.24, 2.45) is 0 Å². The zero-order valence-corrected chi connectivity index (χ0v) is 18.4. The van der Waals surface area contributed by atoms with Crippen LogP contribution in [0.15, 0.2) is 30.5 Å². The van der Waals surface area contributed by atoms with E-state index < -0.39 is 0 Å². The Balaban J connectivity index is 1.33. The minimum atomic E-state index is -0.345. The predicted molar refractivity (Wildman–Crippen MR) is 117 cm³/mol. The van der Waals surface area contributed by atoms with E-state index in [-0.39, 0.29) is 23.7 Å². The molecule has 170 valence electrons. The SMILES string of the molecule is Cc1nc([C@@H]2CCCN2C(=O)CCCOc2cccc(F)c2)ncc1C(=O)N1CCCC1. The fourth-order valence-electron chi connectivity index (χ4n) is 4.39. The van der Waals surface area contributed by atoms with E-state index in [0.717, 1.165) is 38.8 Å². The zero-order chi connectivity index (χ0) is 22.5. The number of halogens is 1. The summed E-state index contributed by atoms with van der Waals surface area (Å²) < 4.78 is 18.7. The maximum atomic E-state index is 13.2. The van der Waals surface area contributed by atoms with E-state index in [9.17, 15) is 14.0 Å². The molecule has 0 spiro atoms. The van der Waals surface area contributed by atoms with Crippen molar-refractivity contribution in [2.45, 2.75) is 51.5 Å². The number of carbonyl (C=O) groups is 2. The molecule has 0 saturated carbocycles. The monoisotopic (exact) mass is 440 g/mol. The third-order valence-corrected chi connectivity index (χ3v) is 6.09. The number of amides is 2. The number of aromatic nitrogens is 2. The molecule has 3 heterocycles. The molecule has 7 nitrogen and oxygen atoms in total. The van der Waals surface area contributed by atoms with Crippen LogP contribution in [0, 0.1) is 12.7 Å². The van der Waals surface area contributed by atoms with Gasteiger partial charge in [0.05, 0.1) is 23.9 Å². The second-order valence-electron chi connectivity index (χ2n) is 8.38. The Hall–Kier alpha value is -3.03. The van der Waals surface area contributed by atoms with E-state index in [1.54, 1.807) is 18.3 Å². The summed E-state index contributed by atoms with van der Waals surface area (Å²) in [4.78, 5) is 38.3. The van der Waals surface area contributed by atoms with Gasteiger partial charge in [-0.15, -0.1) is 0 Å². The van der Waals surface area contributed by atoms with E-state index in [0.29, 0.717) is 48.8 Å². The van der Waals surface area contributed by atoms with Gasteiger partial charge < -0.3 is 14.5 Å². The molecule has 2 amide bonds. The first kappa shape index (κ1) is 22.2. The Morgan fingerprint density at radius 2 is 2.00 bits per heavy atom. The van der Waals surface area contributed by atoms with E-state index in [2.05, 4.69) is 9.97 Å². The normalized spacial score (nSPS) is 18.2. The number of ether oxygens (including phenoxy) is 1. The molecule has 4 rings (SSSR count). The molecule has 0 unspecified atom stereocenters. The Morgan fingerprint density at radius 3 is 2.75 bits per heavy atom. The molecule has 2 aliphatic rings. The van der Waals surface area contributed by atoms with Crippen LogP contribution in [0.2, 0.25) is 0 Å². The molecule has 1 aromatic carbocycles. The van der Waals surface area contributed by atoms with Gasteiger partial charge in [0, 0.05) is 38.3 Å². The molecule has 0 bridgehead atoms. The lowest BCUT2D eigenvalue weighted by Crippen LogP contribution is -2.32. The first-order chi connectivity index (χ1) is 15.5. The van der Waals surface area contributed by atoms with Crippen molar-refractivity contribution in [3.8, 4) is 5.75 Å². The maximum Gasteiger partial charge on any atom is 0.257 e. The van der Waals surface area contributed by atoms with Crippen molar-refractivity contribution in [1.82, 2.24) is 19.8 Å². The fraction of sp³-hybridized carbons (Fsp3) is 0.500. The third kappa shape index (κ3) is 5.06. The van der Waals surface area contributed by atoms with Gasteiger partial charge in [0.1, 0.15) is 11.6 Å². The van der Waals surface area contributed by atoms with Crippen LogP contribution < -0.4 is 4.74 Å². The van der Waals surface area contributed by atoms with Crippen LogP contribution >= 0.6 is 0 Å². The van der Waals surface area contributed by atoms with Crippen molar-refractivity contribution in [1.29, 1.82) is 0 Å². The summed E-state index contributed by atoms with van der Waals surface area (Å²) in [6.45, 7) is 4.42. The molecular formula is C24H29FN4O3. The van der Waals surface area contributed by atoms with Gasteiger partial charge in [-0.25, -0.2) is 14.4 Å².